The van der Waals surface area contributed by atoms with Crippen molar-refractivity contribution in [2.24, 2.45) is 14.1 Å². The summed E-state index contributed by atoms with van der Waals surface area (Å²) < 4.78 is 2.37. The smallest absolute Gasteiger partial charge is 0.332 e. The van der Waals surface area contributed by atoms with Gasteiger partial charge in [-0.1, -0.05) is 0 Å². The van der Waals surface area contributed by atoms with Crippen LogP contribution in [0.4, 0.5) is 0 Å². The molecule has 100 valence electrons. The Kier molecular flexibility index (Phi) is 4.81. The molecule has 0 aliphatic carbocycles. The molecule has 0 radical (unpaired) electrons. The highest BCUT2D eigenvalue weighted by molar-refractivity contribution is 5.68. The van der Waals surface area contributed by atoms with Crippen molar-refractivity contribution in [3.63, 3.8) is 0 Å². The number of H-pyrrole nitrogens is 1. The van der Waals surface area contributed by atoms with Gasteiger partial charge in [-0.05, 0) is 7.05 Å². The van der Waals surface area contributed by atoms with Gasteiger partial charge in [0.1, 0.15) is 5.52 Å². The van der Waals surface area contributed by atoms with Crippen molar-refractivity contribution in [2.75, 3.05) is 20.2 Å². The Morgan fingerprint density at radius 3 is 2.56 bits per heavy atom. The van der Waals surface area contributed by atoms with Crippen LogP contribution in [0.25, 0.3) is 11.2 Å². The Bertz CT molecular complexity index is 622. The molecule has 0 aromatic carbocycles. The summed E-state index contributed by atoms with van der Waals surface area (Å²) in [6, 6.07) is 0. The van der Waals surface area contributed by atoms with Gasteiger partial charge in [-0.25, -0.2) is 9.78 Å². The minimum Gasteiger partial charge on any atom is -0.395 e. The first kappa shape index (κ1) is 14.1. The molecule has 0 saturated heterocycles. The highest BCUT2D eigenvalue weighted by Gasteiger charge is 2.08. The number of nitrogens with one attached hydrogen (secondary N) is 2. The molecule has 18 heavy (non-hydrogen) atoms. The first-order valence-corrected chi connectivity index (χ1v) is 5.39. The zero-order chi connectivity index (χ0) is 13.7. The van der Waals surface area contributed by atoms with Crippen molar-refractivity contribution >= 4 is 11.2 Å². The fourth-order valence-electron chi connectivity index (χ4n) is 1.38. The van der Waals surface area contributed by atoms with E-state index in [-0.39, 0.29) is 17.9 Å². The molecule has 2 rings (SSSR count). The van der Waals surface area contributed by atoms with E-state index in [4.69, 9.17) is 5.11 Å². The van der Waals surface area contributed by atoms with Gasteiger partial charge in [0.15, 0.2) is 5.65 Å². The maximum atomic E-state index is 11.4. The van der Waals surface area contributed by atoms with E-state index >= 15 is 0 Å². The third-order valence-electron chi connectivity index (χ3n) is 2.39. The highest BCUT2D eigenvalue weighted by atomic mass is 16.3. The largest absolute Gasteiger partial charge is 0.395 e. The zero-order valence-electron chi connectivity index (χ0n) is 10.6. The van der Waals surface area contributed by atoms with Crippen molar-refractivity contribution in [1.82, 2.24) is 24.4 Å². The van der Waals surface area contributed by atoms with Crippen molar-refractivity contribution in [3.8, 4) is 0 Å². The average molecular weight is 255 g/mol. The van der Waals surface area contributed by atoms with Crippen LogP contribution in [0.15, 0.2) is 15.9 Å². The van der Waals surface area contributed by atoms with Crippen LogP contribution >= 0.6 is 0 Å². The Morgan fingerprint density at radius 1 is 1.39 bits per heavy atom. The number of aliphatic hydroxyl groups is 1. The van der Waals surface area contributed by atoms with Gasteiger partial charge < -0.3 is 15.4 Å². The van der Waals surface area contributed by atoms with Gasteiger partial charge in [0, 0.05) is 20.6 Å². The van der Waals surface area contributed by atoms with Gasteiger partial charge in [0.2, 0.25) is 0 Å². The van der Waals surface area contributed by atoms with Crippen LogP contribution in [0.3, 0.4) is 0 Å². The predicted octanol–water partition coefficient (Wildman–Crippen LogP) is -1.84. The van der Waals surface area contributed by atoms with Crippen molar-refractivity contribution in [2.45, 2.75) is 0 Å². The minimum atomic E-state index is -0.371. The number of hydrogen-bond donors (Lipinski definition) is 3. The lowest BCUT2D eigenvalue weighted by molar-refractivity contribution is 0.296. The molecule has 0 aliphatic rings. The highest BCUT2D eigenvalue weighted by Crippen LogP contribution is 1.97. The SMILES string of the molecule is CNCCO.Cn1c(=O)c2[nH]cnc2n(C)c1=O. The second-order valence-electron chi connectivity index (χ2n) is 3.63. The van der Waals surface area contributed by atoms with E-state index in [9.17, 15) is 9.59 Å². The summed E-state index contributed by atoms with van der Waals surface area (Å²) in [4.78, 5) is 29.4. The van der Waals surface area contributed by atoms with Crippen LogP contribution in [-0.4, -0.2) is 44.4 Å². The number of likely N-dealkylation sites (N-methyl/N-ethyl adjacent to an activating group) is 1. The molecular formula is C10H17N5O3. The summed E-state index contributed by atoms with van der Waals surface area (Å²) in [6.07, 6.45) is 1.39. The van der Waals surface area contributed by atoms with Crippen LogP contribution in [0.1, 0.15) is 0 Å². The Balaban J connectivity index is 0.000000280. The lowest BCUT2D eigenvalue weighted by Gasteiger charge is -2.00. The first-order chi connectivity index (χ1) is 8.54. The maximum absolute atomic E-state index is 11.4. The average Bonchev–Trinajstić information content (AvgIpc) is 2.85. The molecule has 0 amide bonds. The molecule has 0 unspecified atom stereocenters. The summed E-state index contributed by atoms with van der Waals surface area (Å²) in [5.41, 5.74) is 0.0119. The van der Waals surface area contributed by atoms with Gasteiger partial charge >= 0.3 is 5.69 Å². The second kappa shape index (κ2) is 6.12. The molecular weight excluding hydrogens is 238 g/mol. The number of nitrogens with zero attached hydrogens (tertiary/aromatic N) is 3. The lowest BCUT2D eigenvalue weighted by atomic mass is 10.5. The Hall–Kier alpha value is -1.93. The van der Waals surface area contributed by atoms with E-state index in [0.29, 0.717) is 17.7 Å². The van der Waals surface area contributed by atoms with Crippen LogP contribution in [0, 0.1) is 0 Å². The first-order valence-electron chi connectivity index (χ1n) is 5.39. The predicted molar refractivity (Wildman–Crippen MR) is 67.6 cm³/mol. The van der Waals surface area contributed by atoms with Crippen LogP contribution in [0.5, 0.6) is 0 Å². The third kappa shape index (κ3) is 2.66. The normalized spacial score (nSPS) is 10.2. The van der Waals surface area contributed by atoms with Gasteiger partial charge in [-0.15, -0.1) is 0 Å². The number of fused-ring (bicyclic) bond motifs is 1. The van der Waals surface area contributed by atoms with Crippen molar-refractivity contribution in [3.05, 3.63) is 27.2 Å². The topological polar surface area (TPSA) is 105 Å². The number of rotatable bonds is 2. The Morgan fingerprint density at radius 2 is 2.06 bits per heavy atom. The van der Waals surface area contributed by atoms with Crippen molar-refractivity contribution < 1.29 is 5.11 Å². The van der Waals surface area contributed by atoms with Gasteiger partial charge in [0.25, 0.3) is 5.56 Å². The van der Waals surface area contributed by atoms with Crippen LogP contribution in [-0.2, 0) is 14.1 Å². The number of hydrogen-bond acceptors (Lipinski definition) is 5. The molecule has 3 N–H and O–H groups in total. The standard InChI is InChI=1S/C7H8N4O2.C3H9NO/c1-10-5-4(8-3-9-5)6(12)11(2)7(10)13;1-4-2-3-5/h3H,1-2H3,(H,8,9);4-5H,2-3H2,1H3. The van der Waals surface area contributed by atoms with Crippen LogP contribution < -0.4 is 16.6 Å². The van der Waals surface area contributed by atoms with Gasteiger partial charge in [0.05, 0.1) is 12.9 Å². The molecule has 2 heterocycles. The van der Waals surface area contributed by atoms with E-state index in [0.717, 1.165) is 4.57 Å². The van der Waals surface area contributed by atoms with E-state index < -0.39 is 0 Å². The number of aliphatic hydroxyl groups excluding tert-OH is 1. The van der Waals surface area contributed by atoms with Gasteiger partial charge in [-0.3, -0.25) is 13.9 Å². The third-order valence-corrected chi connectivity index (χ3v) is 2.39. The monoisotopic (exact) mass is 255 g/mol. The molecule has 0 aliphatic heterocycles. The maximum Gasteiger partial charge on any atom is 0.332 e. The number of aromatic nitrogens is 4. The molecule has 8 heteroatoms. The number of aromatic amines is 1. The van der Waals surface area contributed by atoms with E-state index in [1.807, 2.05) is 0 Å². The van der Waals surface area contributed by atoms with Crippen LogP contribution in [0.2, 0.25) is 0 Å². The minimum absolute atomic E-state index is 0.233. The molecule has 0 saturated carbocycles. The van der Waals surface area contributed by atoms with Crippen molar-refractivity contribution in [1.29, 1.82) is 0 Å². The molecule has 2 aromatic heterocycles. The fourth-order valence-corrected chi connectivity index (χ4v) is 1.38. The van der Waals surface area contributed by atoms with E-state index in [2.05, 4.69) is 15.3 Å². The van der Waals surface area contributed by atoms with Gasteiger partial charge in [-0.2, -0.15) is 0 Å². The summed E-state index contributed by atoms with van der Waals surface area (Å²) in [7, 11) is 4.81. The molecule has 0 fully saturated rings. The van der Waals surface area contributed by atoms with E-state index in [1.54, 1.807) is 14.1 Å². The molecule has 0 bridgehead atoms. The number of imidazole rings is 1. The molecule has 0 spiro atoms. The summed E-state index contributed by atoms with van der Waals surface area (Å²) in [5, 5.41) is 10.8. The molecule has 0 atom stereocenters. The number of aryl methyl sites for hydroxylation is 1. The zero-order valence-corrected chi connectivity index (χ0v) is 10.6. The molecule has 2 aromatic rings. The summed E-state index contributed by atoms with van der Waals surface area (Å²) in [6.45, 7) is 0.927. The molecule has 8 nitrogen and oxygen atoms in total. The quantitative estimate of drug-likeness (QED) is 0.585. The van der Waals surface area contributed by atoms with E-state index in [1.165, 1.54) is 17.9 Å². The Labute approximate surface area is 103 Å². The fraction of sp³-hybridized carbons (Fsp3) is 0.500. The lowest BCUT2D eigenvalue weighted by Crippen LogP contribution is -2.36. The summed E-state index contributed by atoms with van der Waals surface area (Å²) >= 11 is 0. The second-order valence-corrected chi connectivity index (χ2v) is 3.63. The summed E-state index contributed by atoms with van der Waals surface area (Å²) in [5.74, 6) is 0.